The summed E-state index contributed by atoms with van der Waals surface area (Å²) in [5.74, 6) is 0.351. The SMILES string of the molecule is O=c1nc(Nc2ccccc2)ccn1C1OC(CO)C(O)C1O. The summed E-state index contributed by atoms with van der Waals surface area (Å²) in [6.45, 7) is -0.454. The van der Waals surface area contributed by atoms with Crippen molar-refractivity contribution in [1.29, 1.82) is 0 Å². The van der Waals surface area contributed by atoms with Gasteiger partial charge in [0.15, 0.2) is 6.23 Å². The van der Waals surface area contributed by atoms with Gasteiger partial charge < -0.3 is 25.4 Å². The minimum absolute atomic E-state index is 0.351. The van der Waals surface area contributed by atoms with Gasteiger partial charge in [-0.1, -0.05) is 18.2 Å². The van der Waals surface area contributed by atoms with Gasteiger partial charge in [0.25, 0.3) is 0 Å². The van der Waals surface area contributed by atoms with Crippen molar-refractivity contribution in [2.45, 2.75) is 24.5 Å². The molecule has 0 saturated carbocycles. The van der Waals surface area contributed by atoms with E-state index in [0.717, 1.165) is 10.3 Å². The number of ether oxygens (including phenoxy) is 1. The van der Waals surface area contributed by atoms with E-state index in [9.17, 15) is 15.0 Å². The van der Waals surface area contributed by atoms with Crippen LogP contribution in [-0.4, -0.2) is 49.8 Å². The monoisotopic (exact) mass is 319 g/mol. The average molecular weight is 319 g/mol. The highest BCUT2D eigenvalue weighted by Gasteiger charge is 2.43. The van der Waals surface area contributed by atoms with Crippen molar-refractivity contribution in [2.75, 3.05) is 11.9 Å². The summed E-state index contributed by atoms with van der Waals surface area (Å²) >= 11 is 0. The molecule has 1 saturated heterocycles. The summed E-state index contributed by atoms with van der Waals surface area (Å²) in [6, 6.07) is 10.8. The van der Waals surface area contributed by atoms with E-state index < -0.39 is 36.8 Å². The van der Waals surface area contributed by atoms with Crippen LogP contribution in [0, 0.1) is 0 Å². The zero-order valence-corrected chi connectivity index (χ0v) is 12.1. The number of anilines is 2. The molecule has 0 aliphatic carbocycles. The lowest BCUT2D eigenvalue weighted by atomic mass is 10.1. The number of nitrogens with zero attached hydrogens (tertiary/aromatic N) is 2. The van der Waals surface area contributed by atoms with E-state index in [-0.39, 0.29) is 0 Å². The maximum Gasteiger partial charge on any atom is 0.351 e. The van der Waals surface area contributed by atoms with Crippen molar-refractivity contribution in [1.82, 2.24) is 9.55 Å². The molecule has 23 heavy (non-hydrogen) atoms. The number of nitrogens with one attached hydrogen (secondary N) is 1. The van der Waals surface area contributed by atoms with Crippen LogP contribution in [0.15, 0.2) is 47.4 Å². The van der Waals surface area contributed by atoms with Crippen LogP contribution in [-0.2, 0) is 4.74 Å². The molecule has 1 aliphatic heterocycles. The Kier molecular flexibility index (Phi) is 4.39. The Bertz CT molecular complexity index is 721. The Balaban J connectivity index is 1.82. The maximum atomic E-state index is 12.1. The summed E-state index contributed by atoms with van der Waals surface area (Å²) < 4.78 is 6.40. The highest BCUT2D eigenvalue weighted by Crippen LogP contribution is 2.28. The van der Waals surface area contributed by atoms with Gasteiger partial charge >= 0.3 is 5.69 Å². The van der Waals surface area contributed by atoms with Gasteiger partial charge in [0.05, 0.1) is 6.61 Å². The van der Waals surface area contributed by atoms with Crippen LogP contribution < -0.4 is 11.0 Å². The molecule has 1 aromatic carbocycles. The van der Waals surface area contributed by atoms with Crippen LogP contribution in [0.25, 0.3) is 0 Å². The van der Waals surface area contributed by atoms with Crippen molar-refractivity contribution in [3.63, 3.8) is 0 Å². The number of benzene rings is 1. The average Bonchev–Trinajstić information content (AvgIpc) is 2.84. The van der Waals surface area contributed by atoms with Gasteiger partial charge in [-0.3, -0.25) is 4.57 Å². The first kappa shape index (κ1) is 15.6. The molecule has 0 amide bonds. The highest BCUT2D eigenvalue weighted by atomic mass is 16.6. The molecular formula is C15H17N3O5. The Morgan fingerprint density at radius 1 is 1.17 bits per heavy atom. The van der Waals surface area contributed by atoms with Crippen LogP contribution >= 0.6 is 0 Å². The van der Waals surface area contributed by atoms with Crippen LogP contribution in [0.1, 0.15) is 6.23 Å². The fraction of sp³-hybridized carbons (Fsp3) is 0.333. The van der Waals surface area contributed by atoms with E-state index in [1.54, 1.807) is 6.07 Å². The third-order valence-corrected chi connectivity index (χ3v) is 3.67. The summed E-state index contributed by atoms with van der Waals surface area (Å²) in [6.07, 6.45) is -3.20. The first-order valence-corrected chi connectivity index (χ1v) is 7.14. The lowest BCUT2D eigenvalue weighted by molar-refractivity contribution is -0.0549. The van der Waals surface area contributed by atoms with Crippen LogP contribution in [0.5, 0.6) is 0 Å². The number of rotatable bonds is 4. The minimum Gasteiger partial charge on any atom is -0.394 e. The van der Waals surface area contributed by atoms with E-state index in [1.807, 2.05) is 30.3 Å². The lowest BCUT2D eigenvalue weighted by Gasteiger charge is -2.17. The minimum atomic E-state index is -1.32. The smallest absolute Gasteiger partial charge is 0.351 e. The predicted molar refractivity (Wildman–Crippen MR) is 81.2 cm³/mol. The molecule has 8 nitrogen and oxygen atoms in total. The first-order chi connectivity index (χ1) is 11.1. The van der Waals surface area contributed by atoms with Crippen molar-refractivity contribution in [3.05, 3.63) is 53.1 Å². The number of aliphatic hydroxyl groups is 3. The number of hydrogen-bond donors (Lipinski definition) is 4. The Labute approximate surface area is 131 Å². The van der Waals surface area contributed by atoms with Crippen LogP contribution in [0.2, 0.25) is 0 Å². The number of para-hydroxylation sites is 1. The number of hydrogen-bond acceptors (Lipinski definition) is 7. The van der Waals surface area contributed by atoms with E-state index in [4.69, 9.17) is 9.84 Å². The fourth-order valence-electron chi connectivity index (χ4n) is 2.46. The lowest BCUT2D eigenvalue weighted by Crippen LogP contribution is -2.36. The molecule has 4 atom stereocenters. The Morgan fingerprint density at radius 2 is 1.91 bits per heavy atom. The summed E-state index contributed by atoms with van der Waals surface area (Å²) in [5.41, 5.74) is 0.144. The second-order valence-corrected chi connectivity index (χ2v) is 5.22. The molecule has 122 valence electrons. The molecule has 0 radical (unpaired) electrons. The van der Waals surface area contributed by atoms with Crippen LogP contribution in [0.4, 0.5) is 11.5 Å². The molecule has 0 bridgehead atoms. The summed E-state index contributed by atoms with van der Waals surface area (Å²) in [4.78, 5) is 16.0. The Hall–Kier alpha value is -2.26. The van der Waals surface area contributed by atoms with Crippen molar-refractivity contribution >= 4 is 11.5 Å². The van der Waals surface area contributed by atoms with Crippen molar-refractivity contribution in [3.8, 4) is 0 Å². The maximum absolute atomic E-state index is 12.1. The van der Waals surface area contributed by atoms with E-state index >= 15 is 0 Å². The van der Waals surface area contributed by atoms with Gasteiger partial charge in [0.2, 0.25) is 0 Å². The molecule has 3 rings (SSSR count). The molecular weight excluding hydrogens is 302 g/mol. The molecule has 0 spiro atoms. The zero-order valence-electron chi connectivity index (χ0n) is 12.1. The van der Waals surface area contributed by atoms with E-state index in [0.29, 0.717) is 5.82 Å². The van der Waals surface area contributed by atoms with E-state index in [1.165, 1.54) is 6.20 Å². The molecule has 4 N–H and O–H groups in total. The van der Waals surface area contributed by atoms with Gasteiger partial charge in [-0.25, -0.2) is 4.79 Å². The van der Waals surface area contributed by atoms with Gasteiger partial charge in [-0.2, -0.15) is 4.98 Å². The highest BCUT2D eigenvalue weighted by molar-refractivity contribution is 5.54. The van der Waals surface area contributed by atoms with Gasteiger partial charge in [-0.05, 0) is 18.2 Å². The molecule has 1 aliphatic rings. The summed E-state index contributed by atoms with van der Waals surface area (Å²) in [5, 5.41) is 31.8. The molecule has 2 aromatic rings. The second kappa shape index (κ2) is 6.47. The largest absolute Gasteiger partial charge is 0.394 e. The predicted octanol–water partition coefficient (Wildman–Crippen LogP) is -0.402. The fourth-order valence-corrected chi connectivity index (χ4v) is 2.46. The van der Waals surface area contributed by atoms with E-state index in [2.05, 4.69) is 10.3 Å². The van der Waals surface area contributed by atoms with Gasteiger partial charge in [0, 0.05) is 11.9 Å². The second-order valence-electron chi connectivity index (χ2n) is 5.22. The van der Waals surface area contributed by atoms with Gasteiger partial charge in [-0.15, -0.1) is 0 Å². The van der Waals surface area contributed by atoms with Gasteiger partial charge in [0.1, 0.15) is 24.1 Å². The number of aromatic nitrogens is 2. The number of aliphatic hydroxyl groups excluding tert-OH is 3. The quantitative estimate of drug-likeness (QED) is 0.606. The third-order valence-electron chi connectivity index (χ3n) is 3.67. The van der Waals surface area contributed by atoms with Crippen molar-refractivity contribution < 1.29 is 20.1 Å². The third kappa shape index (κ3) is 3.10. The van der Waals surface area contributed by atoms with Crippen LogP contribution in [0.3, 0.4) is 0 Å². The standard InChI is InChI=1S/C15H17N3O5/c19-8-10-12(20)13(21)14(23-10)18-7-6-11(17-15(18)22)16-9-4-2-1-3-5-9/h1-7,10,12-14,19-21H,8H2,(H,16,17,22). The molecule has 2 heterocycles. The first-order valence-electron chi connectivity index (χ1n) is 7.14. The summed E-state index contributed by atoms with van der Waals surface area (Å²) in [7, 11) is 0. The normalized spacial score (nSPS) is 27.1. The topological polar surface area (TPSA) is 117 Å². The molecule has 8 heteroatoms. The molecule has 4 unspecified atom stereocenters. The zero-order chi connectivity index (χ0) is 16.4. The molecule has 1 fully saturated rings. The molecule has 1 aromatic heterocycles. The van der Waals surface area contributed by atoms with Crippen molar-refractivity contribution in [2.24, 2.45) is 0 Å². The Morgan fingerprint density at radius 3 is 2.52 bits per heavy atom.